The molecule has 124 valence electrons. The van der Waals surface area contributed by atoms with Crippen LogP contribution in [0.15, 0.2) is 24.4 Å². The molecule has 0 aliphatic heterocycles. The third-order valence-electron chi connectivity index (χ3n) is 4.52. The highest BCUT2D eigenvalue weighted by molar-refractivity contribution is 6.74. The van der Waals surface area contributed by atoms with Gasteiger partial charge in [-0.3, -0.25) is 4.98 Å². The first kappa shape index (κ1) is 18.9. The second kappa shape index (κ2) is 7.93. The van der Waals surface area contributed by atoms with Crippen LogP contribution in [0.4, 0.5) is 0 Å². The number of pyridine rings is 1. The fourth-order valence-corrected chi connectivity index (χ4v) is 2.90. The van der Waals surface area contributed by atoms with Crippen LogP contribution >= 0.6 is 0 Å². The van der Waals surface area contributed by atoms with E-state index in [0.29, 0.717) is 6.61 Å². The highest BCUT2D eigenvalue weighted by atomic mass is 28.4. The van der Waals surface area contributed by atoms with Gasteiger partial charge < -0.3 is 9.16 Å². The lowest BCUT2D eigenvalue weighted by Crippen LogP contribution is -2.40. The van der Waals surface area contributed by atoms with Crippen LogP contribution < -0.4 is 4.74 Å². The zero-order valence-corrected chi connectivity index (χ0v) is 16.2. The summed E-state index contributed by atoms with van der Waals surface area (Å²) in [4.78, 5) is 4.34. The van der Waals surface area contributed by atoms with Crippen molar-refractivity contribution >= 4 is 8.32 Å². The van der Waals surface area contributed by atoms with Gasteiger partial charge in [-0.25, -0.2) is 0 Å². The Morgan fingerprint density at radius 1 is 1.23 bits per heavy atom. The standard InChI is InChI=1S/C18H31NO2Si/c1-15-16(17(20-5)12-13-19-15)11-9-8-10-14-21-22(6,7)18(2,3)4/h8,10,12-13H,9,11,14H2,1-7H3/b10-8+. The maximum Gasteiger partial charge on any atom is 0.192 e. The van der Waals surface area contributed by atoms with E-state index in [1.165, 1.54) is 5.56 Å². The molecule has 1 aromatic heterocycles. The highest BCUT2D eigenvalue weighted by Crippen LogP contribution is 2.36. The molecule has 4 heteroatoms. The van der Waals surface area contributed by atoms with Crippen molar-refractivity contribution in [2.45, 2.75) is 58.7 Å². The number of hydrogen-bond acceptors (Lipinski definition) is 3. The van der Waals surface area contributed by atoms with Crippen LogP contribution in [0.25, 0.3) is 0 Å². The van der Waals surface area contributed by atoms with Gasteiger partial charge in [0.05, 0.1) is 13.7 Å². The van der Waals surface area contributed by atoms with E-state index in [-0.39, 0.29) is 5.04 Å². The van der Waals surface area contributed by atoms with E-state index in [4.69, 9.17) is 9.16 Å². The van der Waals surface area contributed by atoms with E-state index in [1.807, 2.05) is 13.0 Å². The minimum atomic E-state index is -1.63. The first-order valence-electron chi connectivity index (χ1n) is 7.96. The Kier molecular flexibility index (Phi) is 6.82. The molecule has 1 aromatic rings. The Labute approximate surface area is 136 Å². The summed E-state index contributed by atoms with van der Waals surface area (Å²) < 4.78 is 11.5. The van der Waals surface area contributed by atoms with Crippen molar-refractivity contribution in [3.8, 4) is 5.75 Å². The van der Waals surface area contributed by atoms with Gasteiger partial charge in [0.2, 0.25) is 0 Å². The average Bonchev–Trinajstić information content (AvgIpc) is 2.42. The van der Waals surface area contributed by atoms with E-state index in [2.05, 4.69) is 51.0 Å². The molecule has 1 rings (SSSR count). The number of ether oxygens (including phenoxy) is 1. The third-order valence-corrected chi connectivity index (χ3v) is 9.02. The Balaban J connectivity index is 2.46. The van der Waals surface area contributed by atoms with Crippen molar-refractivity contribution in [3.63, 3.8) is 0 Å². The van der Waals surface area contributed by atoms with E-state index in [9.17, 15) is 0 Å². The molecule has 0 amide bonds. The summed E-state index contributed by atoms with van der Waals surface area (Å²) in [5, 5.41) is 0.265. The predicted molar refractivity (Wildman–Crippen MR) is 96.1 cm³/mol. The maximum atomic E-state index is 6.13. The molecule has 0 radical (unpaired) electrons. The SMILES string of the molecule is COc1ccnc(C)c1CC/C=C/CO[Si](C)(C)C(C)(C)C. The van der Waals surface area contributed by atoms with Crippen molar-refractivity contribution in [1.29, 1.82) is 0 Å². The summed E-state index contributed by atoms with van der Waals surface area (Å²) in [6.07, 6.45) is 8.04. The summed E-state index contributed by atoms with van der Waals surface area (Å²) in [6.45, 7) is 14.1. The van der Waals surface area contributed by atoms with Gasteiger partial charge in [-0.1, -0.05) is 32.9 Å². The van der Waals surface area contributed by atoms with Crippen molar-refractivity contribution in [2.24, 2.45) is 0 Å². The number of allylic oxidation sites excluding steroid dienone is 1. The Morgan fingerprint density at radius 2 is 1.91 bits per heavy atom. The molecule has 0 N–H and O–H groups in total. The number of aromatic nitrogens is 1. The van der Waals surface area contributed by atoms with Gasteiger partial charge in [-0.2, -0.15) is 0 Å². The van der Waals surface area contributed by atoms with Gasteiger partial charge >= 0.3 is 0 Å². The Bertz CT molecular complexity index is 504. The van der Waals surface area contributed by atoms with E-state index in [0.717, 1.165) is 24.3 Å². The van der Waals surface area contributed by atoms with Crippen LogP contribution in [0.3, 0.4) is 0 Å². The minimum absolute atomic E-state index is 0.265. The van der Waals surface area contributed by atoms with Crippen LogP contribution in [-0.4, -0.2) is 27.0 Å². The van der Waals surface area contributed by atoms with Crippen LogP contribution in [0.5, 0.6) is 5.75 Å². The molecule has 1 heterocycles. The topological polar surface area (TPSA) is 31.4 Å². The number of rotatable bonds is 7. The first-order valence-corrected chi connectivity index (χ1v) is 10.9. The monoisotopic (exact) mass is 321 g/mol. The smallest absolute Gasteiger partial charge is 0.192 e. The van der Waals surface area contributed by atoms with Crippen molar-refractivity contribution in [1.82, 2.24) is 4.98 Å². The van der Waals surface area contributed by atoms with Gasteiger partial charge in [0.1, 0.15) is 5.75 Å². The van der Waals surface area contributed by atoms with Gasteiger partial charge in [0, 0.05) is 17.5 Å². The molecule has 0 aliphatic rings. The fraction of sp³-hybridized carbons (Fsp3) is 0.611. The molecule has 0 saturated carbocycles. The summed E-state index contributed by atoms with van der Waals surface area (Å²) in [7, 11) is 0.0755. The lowest BCUT2D eigenvalue weighted by Gasteiger charge is -2.35. The van der Waals surface area contributed by atoms with Gasteiger partial charge in [0.15, 0.2) is 8.32 Å². The molecular weight excluding hydrogens is 290 g/mol. The van der Waals surface area contributed by atoms with Gasteiger partial charge in [-0.05, 0) is 44.0 Å². The third kappa shape index (κ3) is 5.25. The average molecular weight is 322 g/mol. The van der Waals surface area contributed by atoms with E-state index >= 15 is 0 Å². The van der Waals surface area contributed by atoms with Gasteiger partial charge in [0.25, 0.3) is 0 Å². The second-order valence-electron chi connectivity index (χ2n) is 7.16. The zero-order valence-electron chi connectivity index (χ0n) is 15.2. The molecule has 0 bridgehead atoms. The summed E-state index contributed by atoms with van der Waals surface area (Å²) in [5.74, 6) is 0.929. The minimum Gasteiger partial charge on any atom is -0.496 e. The second-order valence-corrected chi connectivity index (χ2v) is 12.0. The fourth-order valence-electron chi connectivity index (χ4n) is 1.96. The Morgan fingerprint density at radius 3 is 2.50 bits per heavy atom. The highest BCUT2D eigenvalue weighted by Gasteiger charge is 2.36. The molecule has 0 spiro atoms. The molecule has 3 nitrogen and oxygen atoms in total. The molecule has 0 unspecified atom stereocenters. The summed E-state index contributed by atoms with van der Waals surface area (Å²) in [6, 6.07) is 1.92. The van der Waals surface area contributed by atoms with E-state index < -0.39 is 8.32 Å². The summed E-state index contributed by atoms with van der Waals surface area (Å²) >= 11 is 0. The number of aryl methyl sites for hydroxylation is 1. The van der Waals surface area contributed by atoms with Crippen LogP contribution in [0.1, 0.15) is 38.4 Å². The molecule has 0 fully saturated rings. The molecular formula is C18H31NO2Si. The molecule has 0 saturated heterocycles. The maximum absolute atomic E-state index is 6.13. The van der Waals surface area contributed by atoms with E-state index in [1.54, 1.807) is 13.3 Å². The Hall–Kier alpha value is -1.13. The van der Waals surface area contributed by atoms with Crippen LogP contribution in [0.2, 0.25) is 18.1 Å². The van der Waals surface area contributed by atoms with Crippen molar-refractivity contribution in [3.05, 3.63) is 35.7 Å². The van der Waals surface area contributed by atoms with Crippen LogP contribution in [-0.2, 0) is 10.8 Å². The summed E-state index contributed by atoms with van der Waals surface area (Å²) in [5.41, 5.74) is 2.24. The normalized spacial score (nSPS) is 12.9. The zero-order chi connectivity index (χ0) is 16.8. The predicted octanol–water partition coefficient (Wildman–Crippen LogP) is 4.91. The number of hydrogen-bond donors (Lipinski definition) is 0. The van der Waals surface area contributed by atoms with Crippen LogP contribution in [0, 0.1) is 6.92 Å². The van der Waals surface area contributed by atoms with Crippen molar-refractivity contribution < 1.29 is 9.16 Å². The van der Waals surface area contributed by atoms with Gasteiger partial charge in [-0.15, -0.1) is 0 Å². The molecule has 0 aromatic carbocycles. The number of methoxy groups -OCH3 is 1. The molecule has 0 atom stereocenters. The lowest BCUT2D eigenvalue weighted by atomic mass is 10.1. The lowest BCUT2D eigenvalue weighted by molar-refractivity contribution is 0.327. The largest absolute Gasteiger partial charge is 0.496 e. The first-order chi connectivity index (χ1) is 10.2. The van der Waals surface area contributed by atoms with Crippen molar-refractivity contribution in [2.75, 3.05) is 13.7 Å². The quantitative estimate of drug-likeness (QED) is 0.528. The number of nitrogens with zero attached hydrogens (tertiary/aromatic N) is 1. The molecule has 22 heavy (non-hydrogen) atoms. The molecule has 0 aliphatic carbocycles.